The average Bonchev–Trinajstić information content (AvgIpc) is 2.83. The maximum Gasteiger partial charge on any atom is 0.335 e. The van der Waals surface area contributed by atoms with Crippen molar-refractivity contribution in [2.75, 3.05) is 5.32 Å². The number of carboxylic acids is 1. The van der Waals surface area contributed by atoms with Crippen LogP contribution in [0.25, 0.3) is 0 Å². The fourth-order valence-electron chi connectivity index (χ4n) is 3.31. The van der Waals surface area contributed by atoms with Gasteiger partial charge in [0.2, 0.25) is 11.8 Å². The minimum absolute atomic E-state index is 0.0288. The SMILES string of the molecule is O=C(O)c1ccc(NC(=O)[C@@H]2CC(=O)N(Cc3ccccc3)C(=Nc3ccc(F)cc3)S2)cc1. The van der Waals surface area contributed by atoms with Crippen molar-refractivity contribution in [1.82, 2.24) is 4.90 Å². The first-order chi connectivity index (χ1) is 16.4. The number of amides is 2. The van der Waals surface area contributed by atoms with E-state index in [-0.39, 0.29) is 24.4 Å². The Kier molecular flexibility index (Phi) is 7.03. The van der Waals surface area contributed by atoms with Crippen molar-refractivity contribution in [3.8, 4) is 0 Å². The van der Waals surface area contributed by atoms with Gasteiger partial charge in [-0.05, 0) is 54.1 Å². The van der Waals surface area contributed by atoms with E-state index >= 15 is 0 Å². The maximum atomic E-state index is 13.3. The molecule has 1 aliphatic heterocycles. The molecule has 0 aliphatic carbocycles. The number of rotatable bonds is 6. The van der Waals surface area contributed by atoms with Gasteiger partial charge in [0, 0.05) is 12.1 Å². The molecule has 1 aliphatic rings. The molecule has 4 rings (SSSR count). The van der Waals surface area contributed by atoms with Crippen molar-refractivity contribution in [3.05, 3.63) is 95.8 Å². The monoisotopic (exact) mass is 477 g/mol. The van der Waals surface area contributed by atoms with E-state index in [2.05, 4.69) is 10.3 Å². The van der Waals surface area contributed by atoms with Gasteiger partial charge in [-0.1, -0.05) is 42.1 Å². The summed E-state index contributed by atoms with van der Waals surface area (Å²) in [7, 11) is 0. The lowest BCUT2D eigenvalue weighted by Crippen LogP contribution is -2.44. The lowest BCUT2D eigenvalue weighted by molar-refractivity contribution is -0.129. The predicted molar refractivity (Wildman–Crippen MR) is 129 cm³/mol. The number of aromatic carboxylic acids is 1. The standard InChI is InChI=1S/C25H20FN3O4S/c26-18-8-12-20(13-9-18)28-25-29(15-16-4-2-1-3-5-16)22(30)14-21(34-25)23(31)27-19-10-6-17(7-11-19)24(32)33/h1-13,21H,14-15H2,(H,27,31)(H,32,33)/t21-/m0/s1. The first kappa shape index (κ1) is 23.2. The minimum Gasteiger partial charge on any atom is -0.478 e. The summed E-state index contributed by atoms with van der Waals surface area (Å²) in [5.74, 6) is -2.12. The summed E-state index contributed by atoms with van der Waals surface area (Å²) in [6.45, 7) is 0.289. The van der Waals surface area contributed by atoms with Crippen LogP contribution in [0.2, 0.25) is 0 Å². The fourth-order valence-corrected chi connectivity index (χ4v) is 4.41. The summed E-state index contributed by atoms with van der Waals surface area (Å²) in [5.41, 5.74) is 1.89. The van der Waals surface area contributed by atoms with E-state index in [4.69, 9.17) is 5.11 Å². The molecule has 2 amide bonds. The van der Waals surface area contributed by atoms with Crippen molar-refractivity contribution in [1.29, 1.82) is 0 Å². The number of hydrogen-bond acceptors (Lipinski definition) is 5. The third kappa shape index (κ3) is 5.68. The van der Waals surface area contributed by atoms with Gasteiger partial charge in [0.15, 0.2) is 5.17 Å². The third-order valence-electron chi connectivity index (χ3n) is 5.07. The number of nitrogens with one attached hydrogen (secondary N) is 1. The van der Waals surface area contributed by atoms with Crippen LogP contribution in [0.1, 0.15) is 22.3 Å². The molecule has 0 spiro atoms. The van der Waals surface area contributed by atoms with E-state index in [1.165, 1.54) is 53.4 Å². The highest BCUT2D eigenvalue weighted by Crippen LogP contribution is 2.31. The zero-order valence-corrected chi connectivity index (χ0v) is 18.7. The number of carbonyl (C=O) groups is 3. The average molecular weight is 478 g/mol. The number of halogens is 1. The second kappa shape index (κ2) is 10.3. The second-order valence-electron chi connectivity index (χ2n) is 7.52. The van der Waals surface area contributed by atoms with Crippen molar-refractivity contribution in [2.45, 2.75) is 18.2 Å². The summed E-state index contributed by atoms with van der Waals surface area (Å²) in [4.78, 5) is 43.1. The second-order valence-corrected chi connectivity index (χ2v) is 8.69. The Morgan fingerprint density at radius 3 is 2.35 bits per heavy atom. The number of carboxylic acid groups (broad SMARTS) is 1. The van der Waals surface area contributed by atoms with Crippen molar-refractivity contribution < 1.29 is 23.9 Å². The summed E-state index contributed by atoms with van der Waals surface area (Å²) in [6, 6.07) is 20.7. The Morgan fingerprint density at radius 1 is 1.03 bits per heavy atom. The van der Waals surface area contributed by atoms with Gasteiger partial charge in [-0.2, -0.15) is 0 Å². The van der Waals surface area contributed by atoms with E-state index in [1.54, 1.807) is 0 Å². The Balaban J connectivity index is 1.56. The molecule has 0 radical (unpaired) electrons. The smallest absolute Gasteiger partial charge is 0.335 e. The molecule has 1 atom stereocenters. The van der Waals surface area contributed by atoms with Gasteiger partial charge in [-0.15, -0.1) is 0 Å². The van der Waals surface area contributed by atoms with Gasteiger partial charge in [-0.25, -0.2) is 14.2 Å². The molecule has 3 aromatic carbocycles. The molecule has 0 unspecified atom stereocenters. The molecule has 3 aromatic rings. The van der Waals surface area contributed by atoms with Crippen molar-refractivity contribution in [2.24, 2.45) is 4.99 Å². The quantitative estimate of drug-likeness (QED) is 0.537. The Bertz CT molecular complexity index is 1230. The van der Waals surface area contributed by atoms with Crippen LogP contribution in [0.4, 0.5) is 15.8 Å². The highest BCUT2D eigenvalue weighted by Gasteiger charge is 2.36. The summed E-state index contributed by atoms with van der Waals surface area (Å²) >= 11 is 1.15. The normalized spacial score (nSPS) is 17.0. The van der Waals surface area contributed by atoms with Crippen LogP contribution >= 0.6 is 11.8 Å². The van der Waals surface area contributed by atoms with Crippen LogP contribution < -0.4 is 5.32 Å². The third-order valence-corrected chi connectivity index (χ3v) is 6.25. The fraction of sp³-hybridized carbons (Fsp3) is 0.120. The lowest BCUT2D eigenvalue weighted by atomic mass is 10.2. The van der Waals surface area contributed by atoms with Gasteiger partial charge in [0.05, 0.1) is 17.8 Å². The zero-order chi connectivity index (χ0) is 24.1. The topological polar surface area (TPSA) is 99.1 Å². The molecule has 2 N–H and O–H groups in total. The Morgan fingerprint density at radius 2 is 1.71 bits per heavy atom. The summed E-state index contributed by atoms with van der Waals surface area (Å²) in [6.07, 6.45) is -0.0288. The maximum absolute atomic E-state index is 13.3. The molecular formula is C25H20FN3O4S. The molecule has 7 nitrogen and oxygen atoms in total. The number of amidine groups is 1. The highest BCUT2D eigenvalue weighted by molar-refractivity contribution is 8.15. The van der Waals surface area contributed by atoms with Gasteiger partial charge in [-0.3, -0.25) is 14.5 Å². The highest BCUT2D eigenvalue weighted by atomic mass is 32.2. The van der Waals surface area contributed by atoms with E-state index < -0.39 is 22.9 Å². The zero-order valence-electron chi connectivity index (χ0n) is 17.8. The molecule has 1 fully saturated rings. The number of aliphatic imine (C=N–C) groups is 1. The molecule has 9 heteroatoms. The molecule has 0 bridgehead atoms. The van der Waals surface area contributed by atoms with E-state index in [9.17, 15) is 18.8 Å². The first-order valence-electron chi connectivity index (χ1n) is 10.4. The van der Waals surface area contributed by atoms with Gasteiger partial charge < -0.3 is 10.4 Å². The van der Waals surface area contributed by atoms with Crippen LogP contribution in [0, 0.1) is 5.82 Å². The first-order valence-corrected chi connectivity index (χ1v) is 11.3. The molecular weight excluding hydrogens is 457 g/mol. The molecule has 34 heavy (non-hydrogen) atoms. The largest absolute Gasteiger partial charge is 0.478 e. The van der Waals surface area contributed by atoms with Crippen LogP contribution in [0.15, 0.2) is 83.9 Å². The lowest BCUT2D eigenvalue weighted by Gasteiger charge is -2.32. The number of thioether (sulfide) groups is 1. The molecule has 1 heterocycles. The summed E-state index contributed by atoms with van der Waals surface area (Å²) in [5, 5.41) is 11.3. The van der Waals surface area contributed by atoms with E-state index in [0.717, 1.165) is 17.3 Å². The predicted octanol–water partition coefficient (Wildman–Crippen LogP) is 4.68. The number of carbonyl (C=O) groups excluding carboxylic acids is 2. The van der Waals surface area contributed by atoms with Gasteiger partial charge in [0.1, 0.15) is 11.1 Å². The Hall–Kier alpha value is -3.98. The number of anilines is 1. The molecule has 0 aromatic heterocycles. The molecule has 1 saturated heterocycles. The minimum atomic E-state index is -1.06. The van der Waals surface area contributed by atoms with Crippen molar-refractivity contribution >= 4 is 46.1 Å². The van der Waals surface area contributed by atoms with Crippen LogP contribution in [-0.2, 0) is 16.1 Å². The van der Waals surface area contributed by atoms with Gasteiger partial charge >= 0.3 is 5.97 Å². The van der Waals surface area contributed by atoms with Crippen LogP contribution in [0.3, 0.4) is 0 Å². The molecule has 0 saturated carbocycles. The summed E-state index contributed by atoms with van der Waals surface area (Å²) < 4.78 is 13.3. The molecule has 172 valence electrons. The van der Waals surface area contributed by atoms with E-state index in [1.807, 2.05) is 30.3 Å². The number of benzene rings is 3. The van der Waals surface area contributed by atoms with Crippen LogP contribution in [0.5, 0.6) is 0 Å². The van der Waals surface area contributed by atoms with Crippen LogP contribution in [-0.4, -0.2) is 38.2 Å². The Labute approximate surface area is 199 Å². The van der Waals surface area contributed by atoms with Crippen molar-refractivity contribution in [3.63, 3.8) is 0 Å². The number of nitrogens with zero attached hydrogens (tertiary/aromatic N) is 2. The van der Waals surface area contributed by atoms with E-state index in [0.29, 0.717) is 16.5 Å². The van der Waals surface area contributed by atoms with Gasteiger partial charge in [0.25, 0.3) is 0 Å². The number of hydrogen-bond donors (Lipinski definition) is 2.